The van der Waals surface area contributed by atoms with Crippen molar-refractivity contribution in [2.75, 3.05) is 11.9 Å². The van der Waals surface area contributed by atoms with Crippen molar-refractivity contribution in [3.8, 4) is 16.9 Å². The van der Waals surface area contributed by atoms with Crippen LogP contribution < -0.4 is 10.1 Å². The molecule has 0 aliphatic rings. The number of hydrogen-bond donors (Lipinski definition) is 1. The van der Waals surface area contributed by atoms with Gasteiger partial charge in [0, 0.05) is 12.7 Å². The molecule has 0 aliphatic carbocycles. The van der Waals surface area contributed by atoms with E-state index in [1.165, 1.54) is 12.1 Å². The molecule has 1 N–H and O–H groups in total. The van der Waals surface area contributed by atoms with Crippen LogP contribution in [0.4, 0.5) is 19.1 Å². The molecule has 0 unspecified atom stereocenters. The normalized spacial score (nSPS) is 11.7. The zero-order valence-electron chi connectivity index (χ0n) is 12.1. The van der Waals surface area contributed by atoms with Crippen LogP contribution in [-0.2, 0) is 0 Å². The highest BCUT2D eigenvalue weighted by Gasteiger charge is 2.30. The van der Waals surface area contributed by atoms with Gasteiger partial charge in [-0.05, 0) is 42.3 Å². The summed E-state index contributed by atoms with van der Waals surface area (Å²) >= 11 is 0. The topological polar surface area (TPSA) is 51.5 Å². The minimum Gasteiger partial charge on any atom is -0.406 e. The van der Waals surface area contributed by atoms with Crippen LogP contribution >= 0.6 is 0 Å². The van der Waals surface area contributed by atoms with E-state index in [4.69, 9.17) is 0 Å². The number of hydrogen-bond acceptors (Lipinski definition) is 4. The number of nitrogens with zero attached hydrogens (tertiary/aromatic N) is 3. The molecule has 0 atom stereocenters. The van der Waals surface area contributed by atoms with E-state index in [2.05, 4.69) is 20.3 Å². The number of ether oxygens (including phenoxy) is 1. The van der Waals surface area contributed by atoms with Gasteiger partial charge >= 0.3 is 6.36 Å². The molecule has 0 saturated heterocycles. The Balaban J connectivity index is 1.91. The highest BCUT2D eigenvalue weighted by Crippen LogP contribution is 2.27. The molecule has 0 spiro atoms. The first-order valence-corrected chi connectivity index (χ1v) is 6.91. The Bertz CT molecular complexity index is 812. The van der Waals surface area contributed by atoms with Crippen LogP contribution in [0.1, 0.15) is 6.92 Å². The monoisotopic (exact) mass is 322 g/mol. The van der Waals surface area contributed by atoms with Crippen molar-refractivity contribution in [2.24, 2.45) is 0 Å². The lowest BCUT2D eigenvalue weighted by Gasteiger charge is -2.09. The summed E-state index contributed by atoms with van der Waals surface area (Å²) in [5.41, 5.74) is 2.27. The van der Waals surface area contributed by atoms with Crippen LogP contribution in [0.2, 0.25) is 0 Å². The Kier molecular flexibility index (Phi) is 3.81. The quantitative estimate of drug-likeness (QED) is 0.795. The molecule has 8 heteroatoms. The minimum absolute atomic E-state index is 0.250. The van der Waals surface area contributed by atoms with E-state index in [0.717, 1.165) is 11.1 Å². The van der Waals surface area contributed by atoms with Gasteiger partial charge < -0.3 is 10.1 Å². The van der Waals surface area contributed by atoms with Crippen molar-refractivity contribution >= 4 is 11.6 Å². The Morgan fingerprint density at radius 3 is 2.39 bits per heavy atom. The van der Waals surface area contributed by atoms with Crippen molar-refractivity contribution in [3.05, 3.63) is 42.6 Å². The second-order valence-corrected chi connectivity index (χ2v) is 4.77. The maximum Gasteiger partial charge on any atom is 0.573 e. The first-order chi connectivity index (χ1) is 11.0. The zero-order chi connectivity index (χ0) is 16.4. The SMILES string of the molecule is CCNc1nnc2ccc(-c3ccc(OC(F)(F)F)cc3)cn12. The summed E-state index contributed by atoms with van der Waals surface area (Å²) < 4.78 is 42.2. The molecular weight excluding hydrogens is 309 g/mol. The van der Waals surface area contributed by atoms with Crippen molar-refractivity contribution in [2.45, 2.75) is 13.3 Å². The standard InChI is InChI=1S/C15H13F3N4O/c1-2-19-14-21-20-13-8-5-11(9-22(13)14)10-3-6-12(7-4-10)23-15(16,17)18/h3-9H,2H2,1H3,(H,19,21). The zero-order valence-corrected chi connectivity index (χ0v) is 12.1. The molecule has 0 aliphatic heterocycles. The second-order valence-electron chi connectivity index (χ2n) is 4.77. The predicted molar refractivity (Wildman–Crippen MR) is 79.3 cm³/mol. The van der Waals surface area contributed by atoms with Gasteiger partial charge in [0.15, 0.2) is 5.65 Å². The average molecular weight is 322 g/mol. The molecule has 5 nitrogen and oxygen atoms in total. The third kappa shape index (κ3) is 3.36. The van der Waals surface area contributed by atoms with Crippen LogP contribution in [-0.4, -0.2) is 27.5 Å². The molecular formula is C15H13F3N4O. The van der Waals surface area contributed by atoms with E-state index >= 15 is 0 Å². The smallest absolute Gasteiger partial charge is 0.406 e. The molecule has 0 bridgehead atoms. The number of alkyl halides is 3. The summed E-state index contributed by atoms with van der Waals surface area (Å²) in [4.78, 5) is 0. The largest absolute Gasteiger partial charge is 0.573 e. The summed E-state index contributed by atoms with van der Waals surface area (Å²) in [6.07, 6.45) is -2.86. The van der Waals surface area contributed by atoms with Crippen LogP contribution in [0.5, 0.6) is 5.75 Å². The summed E-state index contributed by atoms with van der Waals surface area (Å²) in [7, 11) is 0. The highest BCUT2D eigenvalue weighted by molar-refractivity contribution is 5.66. The lowest BCUT2D eigenvalue weighted by atomic mass is 10.1. The van der Waals surface area contributed by atoms with Crippen LogP contribution in [0.15, 0.2) is 42.6 Å². The molecule has 0 saturated carbocycles. The number of pyridine rings is 1. The summed E-state index contributed by atoms with van der Waals surface area (Å²) in [5, 5.41) is 11.2. The molecule has 2 aromatic heterocycles. The summed E-state index contributed by atoms with van der Waals surface area (Å²) in [6, 6.07) is 9.33. The third-order valence-electron chi connectivity index (χ3n) is 3.16. The first kappa shape index (κ1) is 15.1. The van der Waals surface area contributed by atoms with E-state index < -0.39 is 6.36 Å². The van der Waals surface area contributed by atoms with Gasteiger partial charge in [0.1, 0.15) is 5.75 Å². The molecule has 0 fully saturated rings. The van der Waals surface area contributed by atoms with Gasteiger partial charge in [-0.2, -0.15) is 0 Å². The molecule has 3 rings (SSSR count). The molecule has 0 radical (unpaired) electrons. The molecule has 2 heterocycles. The van der Waals surface area contributed by atoms with E-state index in [9.17, 15) is 13.2 Å². The van der Waals surface area contributed by atoms with Crippen LogP contribution in [0, 0.1) is 0 Å². The lowest BCUT2D eigenvalue weighted by Crippen LogP contribution is -2.16. The Labute approximate surface area is 129 Å². The van der Waals surface area contributed by atoms with Crippen molar-refractivity contribution in [1.82, 2.24) is 14.6 Å². The van der Waals surface area contributed by atoms with Crippen molar-refractivity contribution < 1.29 is 17.9 Å². The highest BCUT2D eigenvalue weighted by atomic mass is 19.4. The van der Waals surface area contributed by atoms with E-state index in [1.807, 2.05) is 19.2 Å². The fourth-order valence-electron chi connectivity index (χ4n) is 2.19. The van der Waals surface area contributed by atoms with Gasteiger partial charge in [0.25, 0.3) is 0 Å². The number of fused-ring (bicyclic) bond motifs is 1. The maximum atomic E-state index is 12.2. The third-order valence-corrected chi connectivity index (χ3v) is 3.16. The number of halogens is 3. The number of nitrogens with one attached hydrogen (secondary N) is 1. The number of rotatable bonds is 4. The molecule has 3 aromatic rings. The molecule has 120 valence electrons. The predicted octanol–water partition coefficient (Wildman–Crippen LogP) is 3.73. The Morgan fingerprint density at radius 1 is 1.04 bits per heavy atom. The number of aromatic nitrogens is 3. The Hall–Kier alpha value is -2.77. The van der Waals surface area contributed by atoms with Gasteiger partial charge in [-0.3, -0.25) is 4.40 Å². The molecule has 1 aromatic carbocycles. The average Bonchev–Trinajstić information content (AvgIpc) is 2.89. The lowest BCUT2D eigenvalue weighted by molar-refractivity contribution is -0.274. The minimum atomic E-state index is -4.69. The van der Waals surface area contributed by atoms with Crippen LogP contribution in [0.25, 0.3) is 16.8 Å². The Morgan fingerprint density at radius 2 is 1.74 bits per heavy atom. The van der Waals surface area contributed by atoms with Crippen molar-refractivity contribution in [1.29, 1.82) is 0 Å². The van der Waals surface area contributed by atoms with E-state index in [-0.39, 0.29) is 5.75 Å². The van der Waals surface area contributed by atoms with Crippen molar-refractivity contribution in [3.63, 3.8) is 0 Å². The van der Waals surface area contributed by atoms with Gasteiger partial charge in [-0.15, -0.1) is 23.4 Å². The molecule has 0 amide bonds. The summed E-state index contributed by atoms with van der Waals surface area (Å²) in [5.74, 6) is 0.362. The maximum absolute atomic E-state index is 12.2. The van der Waals surface area contributed by atoms with Gasteiger partial charge in [0.05, 0.1) is 0 Å². The van der Waals surface area contributed by atoms with E-state index in [0.29, 0.717) is 18.1 Å². The second kappa shape index (κ2) is 5.79. The number of benzene rings is 1. The molecule has 23 heavy (non-hydrogen) atoms. The fourth-order valence-corrected chi connectivity index (χ4v) is 2.19. The van der Waals surface area contributed by atoms with Gasteiger partial charge in [-0.25, -0.2) is 0 Å². The number of anilines is 1. The van der Waals surface area contributed by atoms with E-state index in [1.54, 1.807) is 22.6 Å². The first-order valence-electron chi connectivity index (χ1n) is 6.91. The van der Waals surface area contributed by atoms with Gasteiger partial charge in [-0.1, -0.05) is 12.1 Å². The summed E-state index contributed by atoms with van der Waals surface area (Å²) in [6.45, 7) is 2.65. The van der Waals surface area contributed by atoms with Gasteiger partial charge in [0.2, 0.25) is 5.95 Å². The fraction of sp³-hybridized carbons (Fsp3) is 0.200. The van der Waals surface area contributed by atoms with Crippen LogP contribution in [0.3, 0.4) is 0 Å².